The third-order valence-corrected chi connectivity index (χ3v) is 5.37. The van der Waals surface area contributed by atoms with Crippen LogP contribution in [-0.2, 0) is 16.1 Å². The first kappa shape index (κ1) is 23.7. The summed E-state index contributed by atoms with van der Waals surface area (Å²) in [5, 5.41) is 3.56. The molecule has 0 heterocycles. The fraction of sp³-hybridized carbons (Fsp3) is 0.417. The molecule has 0 radical (unpaired) electrons. The Morgan fingerprint density at radius 1 is 1.07 bits per heavy atom. The Kier molecular flexibility index (Phi) is 8.72. The van der Waals surface area contributed by atoms with E-state index in [-0.39, 0.29) is 18.4 Å². The van der Waals surface area contributed by atoms with E-state index in [4.69, 9.17) is 16.3 Å². The van der Waals surface area contributed by atoms with Gasteiger partial charge in [-0.2, -0.15) is 0 Å². The molecule has 2 aromatic rings. The maximum absolute atomic E-state index is 13.1. The summed E-state index contributed by atoms with van der Waals surface area (Å²) >= 11 is 6.05. The van der Waals surface area contributed by atoms with Gasteiger partial charge >= 0.3 is 0 Å². The van der Waals surface area contributed by atoms with Crippen molar-refractivity contribution in [2.75, 3.05) is 13.2 Å². The number of halogens is 1. The predicted octanol–water partition coefficient (Wildman–Crippen LogP) is 4.53. The SMILES string of the molecule is Cc1cc(OCC(=O)N(Cc2ccccc2C)[C@@H](C)C(=O)NCC(C)C)ccc1Cl. The number of rotatable bonds is 9. The van der Waals surface area contributed by atoms with E-state index in [0.29, 0.717) is 29.8 Å². The first-order chi connectivity index (χ1) is 14.2. The van der Waals surface area contributed by atoms with Crippen LogP contribution in [0.3, 0.4) is 0 Å². The highest BCUT2D eigenvalue weighted by Crippen LogP contribution is 2.21. The molecule has 2 amide bonds. The van der Waals surface area contributed by atoms with Crippen molar-refractivity contribution in [3.8, 4) is 5.75 Å². The third-order valence-electron chi connectivity index (χ3n) is 4.95. The number of aryl methyl sites for hydroxylation is 2. The van der Waals surface area contributed by atoms with Crippen molar-refractivity contribution in [2.45, 2.75) is 47.2 Å². The number of hydrogen-bond acceptors (Lipinski definition) is 3. The first-order valence-electron chi connectivity index (χ1n) is 10.2. The largest absolute Gasteiger partial charge is 0.484 e. The second-order valence-electron chi connectivity index (χ2n) is 7.96. The zero-order valence-corrected chi connectivity index (χ0v) is 19.1. The minimum absolute atomic E-state index is 0.158. The molecule has 0 aliphatic carbocycles. The molecule has 2 aromatic carbocycles. The summed E-state index contributed by atoms with van der Waals surface area (Å²) in [5.74, 6) is 0.474. The quantitative estimate of drug-likeness (QED) is 0.636. The van der Waals surface area contributed by atoms with Crippen LogP contribution in [0.15, 0.2) is 42.5 Å². The van der Waals surface area contributed by atoms with Crippen molar-refractivity contribution < 1.29 is 14.3 Å². The molecule has 162 valence electrons. The van der Waals surface area contributed by atoms with Gasteiger partial charge in [0.05, 0.1) is 0 Å². The van der Waals surface area contributed by atoms with Crippen LogP contribution in [-0.4, -0.2) is 35.9 Å². The van der Waals surface area contributed by atoms with Crippen molar-refractivity contribution in [3.05, 3.63) is 64.2 Å². The van der Waals surface area contributed by atoms with Crippen molar-refractivity contribution in [1.29, 1.82) is 0 Å². The van der Waals surface area contributed by atoms with Gasteiger partial charge in [-0.25, -0.2) is 0 Å². The highest BCUT2D eigenvalue weighted by Gasteiger charge is 2.27. The minimum Gasteiger partial charge on any atom is -0.484 e. The Hall–Kier alpha value is -2.53. The molecule has 1 N–H and O–H groups in total. The van der Waals surface area contributed by atoms with Crippen LogP contribution in [0.5, 0.6) is 5.75 Å². The molecule has 0 aromatic heterocycles. The maximum atomic E-state index is 13.1. The Morgan fingerprint density at radius 3 is 2.40 bits per heavy atom. The summed E-state index contributed by atoms with van der Waals surface area (Å²) in [6.07, 6.45) is 0. The van der Waals surface area contributed by atoms with Crippen LogP contribution in [0.4, 0.5) is 0 Å². The fourth-order valence-electron chi connectivity index (χ4n) is 2.94. The number of hydrogen-bond donors (Lipinski definition) is 1. The molecular weight excluding hydrogens is 400 g/mol. The second kappa shape index (κ2) is 11.0. The average Bonchev–Trinajstić information content (AvgIpc) is 2.71. The number of nitrogens with zero attached hydrogens (tertiary/aromatic N) is 1. The number of amides is 2. The lowest BCUT2D eigenvalue weighted by Gasteiger charge is -2.29. The van der Waals surface area contributed by atoms with Crippen molar-refractivity contribution in [2.24, 2.45) is 5.92 Å². The Balaban J connectivity index is 2.16. The van der Waals surface area contributed by atoms with Crippen molar-refractivity contribution in [1.82, 2.24) is 10.2 Å². The summed E-state index contributed by atoms with van der Waals surface area (Å²) < 4.78 is 5.70. The van der Waals surface area contributed by atoms with Gasteiger partial charge in [-0.15, -0.1) is 0 Å². The van der Waals surface area contributed by atoms with Gasteiger partial charge in [-0.05, 0) is 61.6 Å². The van der Waals surface area contributed by atoms with Crippen LogP contribution in [0, 0.1) is 19.8 Å². The zero-order chi connectivity index (χ0) is 22.3. The van der Waals surface area contributed by atoms with Crippen LogP contribution >= 0.6 is 11.6 Å². The predicted molar refractivity (Wildman–Crippen MR) is 121 cm³/mol. The topological polar surface area (TPSA) is 58.6 Å². The van der Waals surface area contributed by atoms with Crippen LogP contribution < -0.4 is 10.1 Å². The molecular formula is C24H31ClN2O3. The number of benzene rings is 2. The summed E-state index contributed by atoms with van der Waals surface area (Å²) in [5.41, 5.74) is 2.94. The molecule has 0 saturated carbocycles. The van der Waals surface area contributed by atoms with Gasteiger partial charge in [-0.1, -0.05) is 49.7 Å². The van der Waals surface area contributed by atoms with Crippen molar-refractivity contribution >= 4 is 23.4 Å². The van der Waals surface area contributed by atoms with Gasteiger partial charge < -0.3 is 15.0 Å². The van der Waals surface area contributed by atoms with E-state index in [0.717, 1.165) is 16.7 Å². The minimum atomic E-state index is -0.619. The monoisotopic (exact) mass is 430 g/mol. The Bertz CT molecular complexity index is 883. The van der Waals surface area contributed by atoms with Gasteiger partial charge in [0.2, 0.25) is 5.91 Å². The van der Waals surface area contributed by atoms with E-state index in [1.807, 2.05) is 52.0 Å². The van der Waals surface area contributed by atoms with Gasteiger partial charge in [0.1, 0.15) is 11.8 Å². The number of nitrogens with one attached hydrogen (secondary N) is 1. The molecule has 0 saturated heterocycles. The fourth-order valence-corrected chi connectivity index (χ4v) is 3.06. The second-order valence-corrected chi connectivity index (χ2v) is 8.37. The summed E-state index contributed by atoms with van der Waals surface area (Å²) in [6.45, 7) is 10.4. The first-order valence-corrected chi connectivity index (χ1v) is 10.6. The third kappa shape index (κ3) is 6.77. The van der Waals surface area contributed by atoms with E-state index in [1.54, 1.807) is 30.0 Å². The van der Waals surface area contributed by atoms with E-state index in [2.05, 4.69) is 5.32 Å². The van der Waals surface area contributed by atoms with E-state index in [9.17, 15) is 9.59 Å². The number of ether oxygens (including phenoxy) is 1. The lowest BCUT2D eigenvalue weighted by atomic mass is 10.1. The summed E-state index contributed by atoms with van der Waals surface area (Å²) in [4.78, 5) is 27.3. The smallest absolute Gasteiger partial charge is 0.261 e. The summed E-state index contributed by atoms with van der Waals surface area (Å²) in [6, 6.07) is 12.5. The average molecular weight is 431 g/mol. The van der Waals surface area contributed by atoms with Crippen molar-refractivity contribution in [3.63, 3.8) is 0 Å². The molecule has 5 nitrogen and oxygen atoms in total. The molecule has 0 aliphatic rings. The normalized spacial score (nSPS) is 11.8. The Morgan fingerprint density at radius 2 is 1.77 bits per heavy atom. The maximum Gasteiger partial charge on any atom is 0.261 e. The lowest BCUT2D eigenvalue weighted by Crippen LogP contribution is -2.49. The molecule has 0 spiro atoms. The number of carbonyl (C=O) groups excluding carboxylic acids is 2. The zero-order valence-electron chi connectivity index (χ0n) is 18.4. The molecule has 2 rings (SSSR count). The van der Waals surface area contributed by atoms with Crippen LogP contribution in [0.2, 0.25) is 5.02 Å². The molecule has 0 bridgehead atoms. The molecule has 1 atom stereocenters. The van der Waals surface area contributed by atoms with Gasteiger partial charge in [0.15, 0.2) is 6.61 Å². The molecule has 0 unspecified atom stereocenters. The van der Waals surface area contributed by atoms with Gasteiger partial charge in [-0.3, -0.25) is 9.59 Å². The van der Waals surface area contributed by atoms with Gasteiger partial charge in [0.25, 0.3) is 5.91 Å². The van der Waals surface area contributed by atoms with E-state index in [1.165, 1.54) is 0 Å². The van der Waals surface area contributed by atoms with E-state index >= 15 is 0 Å². The van der Waals surface area contributed by atoms with E-state index < -0.39 is 6.04 Å². The molecule has 6 heteroatoms. The van der Waals surface area contributed by atoms with Gasteiger partial charge in [0, 0.05) is 18.1 Å². The molecule has 0 aliphatic heterocycles. The standard InChI is InChI=1S/C24H31ClN2O3/c1-16(2)13-26-24(29)19(5)27(14-20-9-7-6-8-17(20)3)23(28)15-30-21-10-11-22(25)18(4)12-21/h6-12,16,19H,13-15H2,1-5H3,(H,26,29)/t19-/m0/s1. The summed E-state index contributed by atoms with van der Waals surface area (Å²) in [7, 11) is 0. The molecule has 30 heavy (non-hydrogen) atoms. The lowest BCUT2D eigenvalue weighted by molar-refractivity contribution is -0.142. The highest BCUT2D eigenvalue weighted by molar-refractivity contribution is 6.31. The van der Waals surface area contributed by atoms with Crippen LogP contribution in [0.1, 0.15) is 37.5 Å². The van der Waals surface area contributed by atoms with Crippen LogP contribution in [0.25, 0.3) is 0 Å². The number of carbonyl (C=O) groups is 2. The Labute approximate surface area is 184 Å². The highest BCUT2D eigenvalue weighted by atomic mass is 35.5. The molecule has 0 fully saturated rings.